The van der Waals surface area contributed by atoms with Gasteiger partial charge in [0.25, 0.3) is 0 Å². The maximum atomic E-state index is 12.1. The Bertz CT molecular complexity index is 307. The molecule has 1 N–H and O–H groups in total. The molecule has 0 radical (unpaired) electrons. The van der Waals surface area contributed by atoms with E-state index in [0.29, 0.717) is 0 Å². The molecule has 2 aliphatic rings. The molecule has 1 aliphatic carbocycles. The van der Waals surface area contributed by atoms with Gasteiger partial charge in [-0.25, -0.2) is 4.79 Å². The molecule has 0 spiro atoms. The third-order valence-corrected chi connectivity index (χ3v) is 4.75. The number of carbonyl (C=O) groups is 1. The molecule has 122 valence electrons. The van der Waals surface area contributed by atoms with Gasteiger partial charge in [0.15, 0.2) is 0 Å². The van der Waals surface area contributed by atoms with E-state index < -0.39 is 0 Å². The maximum Gasteiger partial charge on any atom is 0.317 e. The topological polar surface area (TPSA) is 38.8 Å². The van der Waals surface area contributed by atoms with E-state index in [9.17, 15) is 4.79 Å². The largest absolute Gasteiger partial charge is 0.338 e. The fourth-order valence-corrected chi connectivity index (χ4v) is 3.44. The van der Waals surface area contributed by atoms with E-state index in [1.807, 2.05) is 4.90 Å². The van der Waals surface area contributed by atoms with Crippen molar-refractivity contribution in [2.45, 2.75) is 44.6 Å². The van der Waals surface area contributed by atoms with Crippen LogP contribution in [0.4, 0.5) is 4.79 Å². The van der Waals surface area contributed by atoms with E-state index in [2.05, 4.69) is 29.2 Å². The van der Waals surface area contributed by atoms with Crippen molar-refractivity contribution in [2.24, 2.45) is 0 Å². The average Bonchev–Trinajstić information content (AvgIpc) is 2.52. The zero-order valence-electron chi connectivity index (χ0n) is 13.8. The third-order valence-electron chi connectivity index (χ3n) is 4.75. The van der Waals surface area contributed by atoms with Crippen LogP contribution in [-0.4, -0.2) is 80.1 Å². The van der Waals surface area contributed by atoms with E-state index >= 15 is 0 Å². The molecule has 0 bridgehead atoms. The van der Waals surface area contributed by atoms with Crippen LogP contribution in [-0.2, 0) is 0 Å². The van der Waals surface area contributed by atoms with Crippen molar-refractivity contribution in [1.82, 2.24) is 20.0 Å². The highest BCUT2D eigenvalue weighted by molar-refractivity contribution is 5.74. The Morgan fingerprint density at radius 1 is 1.10 bits per heavy atom. The van der Waals surface area contributed by atoms with Gasteiger partial charge < -0.3 is 15.1 Å². The Kier molecular flexibility index (Phi) is 6.77. The Morgan fingerprint density at radius 2 is 1.76 bits per heavy atom. The number of amides is 2. The zero-order valence-corrected chi connectivity index (χ0v) is 13.8. The predicted octanol–water partition coefficient (Wildman–Crippen LogP) is 1.60. The highest BCUT2D eigenvalue weighted by Gasteiger charge is 2.26. The van der Waals surface area contributed by atoms with Crippen LogP contribution in [0.25, 0.3) is 0 Å². The zero-order chi connectivity index (χ0) is 15.1. The van der Waals surface area contributed by atoms with E-state index in [4.69, 9.17) is 0 Å². The van der Waals surface area contributed by atoms with E-state index in [0.717, 1.165) is 51.7 Å². The summed E-state index contributed by atoms with van der Waals surface area (Å²) in [5, 5.41) is 3.04. The second-order valence-electron chi connectivity index (χ2n) is 6.70. The lowest BCUT2D eigenvalue weighted by Gasteiger charge is -2.40. The van der Waals surface area contributed by atoms with Crippen LogP contribution in [0.5, 0.6) is 0 Å². The second-order valence-corrected chi connectivity index (χ2v) is 6.70. The number of rotatable bonds is 5. The first-order valence-corrected chi connectivity index (χ1v) is 8.58. The molecule has 5 heteroatoms. The Hall–Kier alpha value is -0.810. The van der Waals surface area contributed by atoms with Crippen LogP contribution in [0.2, 0.25) is 0 Å². The molecule has 1 saturated heterocycles. The van der Waals surface area contributed by atoms with Crippen molar-refractivity contribution in [1.29, 1.82) is 0 Å². The first-order chi connectivity index (χ1) is 10.2. The summed E-state index contributed by atoms with van der Waals surface area (Å²) in [4.78, 5) is 18.8. The molecule has 2 fully saturated rings. The van der Waals surface area contributed by atoms with Gasteiger partial charge in [0, 0.05) is 38.8 Å². The minimum absolute atomic E-state index is 0.122. The Labute approximate surface area is 129 Å². The van der Waals surface area contributed by atoms with Gasteiger partial charge in [-0.05, 0) is 39.9 Å². The number of nitrogens with one attached hydrogen (secondary N) is 1. The fourth-order valence-electron chi connectivity index (χ4n) is 3.44. The van der Waals surface area contributed by atoms with Crippen molar-refractivity contribution in [3.05, 3.63) is 0 Å². The summed E-state index contributed by atoms with van der Waals surface area (Å²) in [6, 6.07) is 0.904. The Morgan fingerprint density at radius 3 is 2.38 bits per heavy atom. The van der Waals surface area contributed by atoms with Crippen molar-refractivity contribution in [3.8, 4) is 0 Å². The molecule has 1 heterocycles. The van der Waals surface area contributed by atoms with E-state index in [-0.39, 0.29) is 6.03 Å². The summed E-state index contributed by atoms with van der Waals surface area (Å²) in [6.45, 7) is 5.67. The standard InChI is InChI=1S/C16H32N4O/c1-18(2)10-6-9-17-16(21)20-13-11-19(12-14-20)15-7-4-3-5-8-15/h15H,3-14H2,1-2H3,(H,17,21). The monoisotopic (exact) mass is 296 g/mol. The summed E-state index contributed by atoms with van der Waals surface area (Å²) >= 11 is 0. The van der Waals surface area contributed by atoms with Gasteiger partial charge in [-0.15, -0.1) is 0 Å². The molecular weight excluding hydrogens is 264 g/mol. The molecule has 2 amide bonds. The molecule has 1 aliphatic heterocycles. The molecule has 2 rings (SSSR count). The van der Waals surface area contributed by atoms with Crippen LogP contribution in [0.15, 0.2) is 0 Å². The van der Waals surface area contributed by atoms with Crippen molar-refractivity contribution < 1.29 is 4.79 Å². The highest BCUT2D eigenvalue weighted by Crippen LogP contribution is 2.23. The quantitative estimate of drug-likeness (QED) is 0.783. The molecule has 0 aromatic carbocycles. The second kappa shape index (κ2) is 8.59. The highest BCUT2D eigenvalue weighted by atomic mass is 16.2. The van der Waals surface area contributed by atoms with Gasteiger partial charge in [-0.3, -0.25) is 4.90 Å². The first kappa shape index (κ1) is 16.6. The van der Waals surface area contributed by atoms with Gasteiger partial charge in [0.2, 0.25) is 0 Å². The van der Waals surface area contributed by atoms with Gasteiger partial charge >= 0.3 is 6.03 Å². The lowest BCUT2D eigenvalue weighted by Crippen LogP contribution is -2.54. The van der Waals surface area contributed by atoms with Gasteiger partial charge in [0.1, 0.15) is 0 Å². The maximum absolute atomic E-state index is 12.1. The number of hydrogen-bond acceptors (Lipinski definition) is 3. The molecule has 21 heavy (non-hydrogen) atoms. The third kappa shape index (κ3) is 5.47. The molecule has 5 nitrogen and oxygen atoms in total. The lowest BCUT2D eigenvalue weighted by atomic mass is 9.94. The molecule has 0 atom stereocenters. The van der Waals surface area contributed by atoms with E-state index in [1.165, 1.54) is 32.1 Å². The predicted molar refractivity (Wildman–Crippen MR) is 86.6 cm³/mol. The Balaban J connectivity index is 1.62. The average molecular weight is 296 g/mol. The van der Waals surface area contributed by atoms with E-state index in [1.54, 1.807) is 0 Å². The van der Waals surface area contributed by atoms with Crippen LogP contribution < -0.4 is 5.32 Å². The van der Waals surface area contributed by atoms with Crippen LogP contribution in [0.1, 0.15) is 38.5 Å². The molecule has 0 unspecified atom stereocenters. The summed E-state index contributed by atoms with van der Waals surface area (Å²) in [5.41, 5.74) is 0. The van der Waals surface area contributed by atoms with Crippen LogP contribution >= 0.6 is 0 Å². The number of carbonyl (C=O) groups excluding carboxylic acids is 1. The van der Waals surface area contributed by atoms with Crippen LogP contribution in [0, 0.1) is 0 Å². The van der Waals surface area contributed by atoms with Crippen molar-refractivity contribution in [3.63, 3.8) is 0 Å². The normalized spacial score (nSPS) is 21.8. The minimum Gasteiger partial charge on any atom is -0.338 e. The van der Waals surface area contributed by atoms with Crippen molar-refractivity contribution in [2.75, 3.05) is 53.4 Å². The number of hydrogen-bond donors (Lipinski definition) is 1. The number of nitrogens with zero attached hydrogens (tertiary/aromatic N) is 3. The minimum atomic E-state index is 0.122. The van der Waals surface area contributed by atoms with Crippen molar-refractivity contribution >= 4 is 6.03 Å². The number of urea groups is 1. The summed E-state index contributed by atoms with van der Waals surface area (Å²) in [7, 11) is 4.12. The first-order valence-electron chi connectivity index (χ1n) is 8.58. The van der Waals surface area contributed by atoms with Crippen LogP contribution in [0.3, 0.4) is 0 Å². The molecule has 0 aromatic rings. The summed E-state index contributed by atoms with van der Waals surface area (Å²) in [5.74, 6) is 0. The number of piperazine rings is 1. The fraction of sp³-hybridized carbons (Fsp3) is 0.938. The smallest absolute Gasteiger partial charge is 0.317 e. The lowest BCUT2D eigenvalue weighted by molar-refractivity contribution is 0.0906. The molecule has 0 aromatic heterocycles. The SMILES string of the molecule is CN(C)CCCNC(=O)N1CCN(C2CCCCC2)CC1. The summed E-state index contributed by atoms with van der Waals surface area (Å²) in [6.07, 6.45) is 7.91. The summed E-state index contributed by atoms with van der Waals surface area (Å²) < 4.78 is 0. The van der Waals surface area contributed by atoms with Gasteiger partial charge in [0.05, 0.1) is 0 Å². The van der Waals surface area contributed by atoms with Gasteiger partial charge in [-0.2, -0.15) is 0 Å². The van der Waals surface area contributed by atoms with Gasteiger partial charge in [-0.1, -0.05) is 19.3 Å². The molecule has 1 saturated carbocycles. The molecular formula is C16H32N4O.